The van der Waals surface area contributed by atoms with Crippen LogP contribution in [0.2, 0.25) is 0 Å². The van der Waals surface area contributed by atoms with E-state index in [1.54, 1.807) is 4.90 Å². The van der Waals surface area contributed by atoms with Gasteiger partial charge in [-0.15, -0.1) is 0 Å². The van der Waals surface area contributed by atoms with Crippen LogP contribution < -0.4 is 9.80 Å². The van der Waals surface area contributed by atoms with Crippen LogP contribution in [0.1, 0.15) is 15.9 Å². The third-order valence-electron chi connectivity index (χ3n) is 3.62. The number of nitrogens with zero attached hydrogens (tertiary/aromatic N) is 2. The second kappa shape index (κ2) is 5.77. The number of carbonyl (C=O) groups excluding carboxylic acids is 1. The predicted molar refractivity (Wildman–Crippen MR) is 91.7 cm³/mol. The molecule has 0 bridgehead atoms. The molecule has 0 fully saturated rings. The van der Waals surface area contributed by atoms with E-state index in [4.69, 9.17) is 17.0 Å². The van der Waals surface area contributed by atoms with Gasteiger partial charge in [-0.3, -0.25) is 9.69 Å². The first-order chi connectivity index (χ1) is 10.6. The molecule has 0 unspecified atom stereocenters. The summed E-state index contributed by atoms with van der Waals surface area (Å²) >= 11 is 5.20. The highest BCUT2D eigenvalue weighted by molar-refractivity contribution is 7.80. The Morgan fingerprint density at radius 3 is 2.50 bits per heavy atom. The van der Waals surface area contributed by atoms with Gasteiger partial charge in [0.15, 0.2) is 11.8 Å². The fraction of sp³-hybridized carbons (Fsp3) is 0.176. The summed E-state index contributed by atoms with van der Waals surface area (Å²) in [6, 6.07) is 15.0. The molecule has 0 aromatic heterocycles. The maximum Gasteiger partial charge on any atom is 0.261 e. The molecule has 0 saturated heterocycles. The summed E-state index contributed by atoms with van der Waals surface area (Å²) in [6.07, 6.45) is 0. The highest BCUT2D eigenvalue weighted by atomic mass is 32.1. The number of carbonyl (C=O) groups is 1. The molecular weight excluding hydrogens is 296 g/mol. The van der Waals surface area contributed by atoms with Crippen LogP contribution in [-0.2, 0) is 4.74 Å². The Morgan fingerprint density at radius 2 is 1.82 bits per heavy atom. The van der Waals surface area contributed by atoms with Crippen LogP contribution in [-0.4, -0.2) is 31.8 Å². The van der Waals surface area contributed by atoms with Crippen molar-refractivity contribution in [2.75, 3.05) is 30.6 Å². The normalized spacial score (nSPS) is 13.4. The molecule has 5 heteroatoms. The van der Waals surface area contributed by atoms with Crippen molar-refractivity contribution in [1.82, 2.24) is 0 Å². The maximum atomic E-state index is 12.7. The number of hydrogen-bond donors (Lipinski definition) is 0. The van der Waals surface area contributed by atoms with Gasteiger partial charge in [0, 0.05) is 25.3 Å². The number of anilines is 2. The zero-order valence-electron chi connectivity index (χ0n) is 12.4. The van der Waals surface area contributed by atoms with Gasteiger partial charge in [-0.05, 0) is 48.6 Å². The molecule has 0 radical (unpaired) electrons. The Morgan fingerprint density at radius 1 is 1.14 bits per heavy atom. The lowest BCUT2D eigenvalue weighted by Crippen LogP contribution is -2.38. The van der Waals surface area contributed by atoms with E-state index in [0.717, 1.165) is 16.9 Å². The van der Waals surface area contributed by atoms with E-state index in [0.29, 0.717) is 10.6 Å². The van der Waals surface area contributed by atoms with E-state index in [-0.39, 0.29) is 12.6 Å². The van der Waals surface area contributed by atoms with E-state index in [1.165, 1.54) is 0 Å². The third kappa shape index (κ3) is 2.55. The number of fused-ring (bicyclic) bond motifs is 1. The summed E-state index contributed by atoms with van der Waals surface area (Å²) in [6.45, 7) is 0.143. The lowest BCUT2D eigenvalue weighted by Gasteiger charge is -2.30. The zero-order chi connectivity index (χ0) is 15.7. The molecule has 0 atom stereocenters. The third-order valence-corrected chi connectivity index (χ3v) is 3.95. The molecule has 0 saturated carbocycles. The maximum absolute atomic E-state index is 12.7. The first-order valence-corrected chi connectivity index (χ1v) is 7.34. The number of thiocarbonyl (C=S) groups is 1. The van der Waals surface area contributed by atoms with Crippen molar-refractivity contribution >= 4 is 34.6 Å². The first-order valence-electron chi connectivity index (χ1n) is 6.93. The van der Waals surface area contributed by atoms with E-state index >= 15 is 0 Å². The highest BCUT2D eigenvalue weighted by Gasteiger charge is 2.26. The Hall–Kier alpha value is -2.40. The number of benzene rings is 2. The van der Waals surface area contributed by atoms with Crippen molar-refractivity contribution in [3.63, 3.8) is 0 Å². The monoisotopic (exact) mass is 312 g/mol. The first kappa shape index (κ1) is 14.5. The van der Waals surface area contributed by atoms with Crippen LogP contribution >= 0.6 is 12.2 Å². The molecule has 22 heavy (non-hydrogen) atoms. The van der Waals surface area contributed by atoms with E-state index in [9.17, 15) is 4.79 Å². The van der Waals surface area contributed by atoms with Crippen molar-refractivity contribution in [3.8, 4) is 0 Å². The summed E-state index contributed by atoms with van der Waals surface area (Å²) in [5.74, 6) is -0.0970. The number of para-hydroxylation sites is 1. The van der Waals surface area contributed by atoms with Crippen LogP contribution in [0.3, 0.4) is 0 Å². The topological polar surface area (TPSA) is 32.8 Å². The smallest absolute Gasteiger partial charge is 0.261 e. The average Bonchev–Trinajstić information content (AvgIpc) is 2.55. The Labute approximate surface area is 134 Å². The van der Waals surface area contributed by atoms with Crippen LogP contribution in [0.25, 0.3) is 0 Å². The molecule has 1 heterocycles. The Kier molecular flexibility index (Phi) is 3.81. The second-order valence-electron chi connectivity index (χ2n) is 5.25. The Balaban J connectivity index is 1.93. The lowest BCUT2D eigenvalue weighted by molar-refractivity contribution is 0.0960. The molecule has 2 aromatic rings. The standard InChI is InChI=1S/C17H16N2O2S/c1-18(2)13-9-7-12(8-10-13)16(20)19-11-21-17(22)14-5-3-4-6-15(14)19/h3-10H,11H2,1-2H3. The van der Waals surface area contributed by atoms with Crippen LogP contribution in [0.4, 0.5) is 11.4 Å². The molecule has 112 valence electrons. The van der Waals surface area contributed by atoms with Crippen molar-refractivity contribution in [1.29, 1.82) is 0 Å². The minimum atomic E-state index is -0.0970. The highest BCUT2D eigenvalue weighted by Crippen LogP contribution is 2.27. The number of ether oxygens (including phenoxy) is 1. The minimum absolute atomic E-state index is 0.0970. The SMILES string of the molecule is CN(C)c1ccc(C(=O)N2COC(=S)c3ccccc32)cc1. The number of amides is 1. The van der Waals surface area contributed by atoms with Crippen LogP contribution in [0.15, 0.2) is 48.5 Å². The quantitative estimate of drug-likeness (QED) is 0.798. The van der Waals surface area contributed by atoms with E-state index in [2.05, 4.69) is 0 Å². The van der Waals surface area contributed by atoms with Gasteiger partial charge in [-0.25, -0.2) is 0 Å². The van der Waals surface area contributed by atoms with Gasteiger partial charge in [-0.2, -0.15) is 0 Å². The average molecular weight is 312 g/mol. The summed E-state index contributed by atoms with van der Waals surface area (Å²) < 4.78 is 5.45. The lowest BCUT2D eigenvalue weighted by atomic mass is 10.1. The van der Waals surface area contributed by atoms with Crippen molar-refractivity contribution in [2.45, 2.75) is 0 Å². The molecule has 3 rings (SSSR count). The Bertz CT molecular complexity index is 726. The molecule has 1 amide bonds. The zero-order valence-corrected chi connectivity index (χ0v) is 13.3. The van der Waals surface area contributed by atoms with Gasteiger partial charge in [-0.1, -0.05) is 12.1 Å². The largest absolute Gasteiger partial charge is 0.462 e. The summed E-state index contributed by atoms with van der Waals surface area (Å²) in [5.41, 5.74) is 3.24. The van der Waals surface area contributed by atoms with Crippen molar-refractivity contribution < 1.29 is 9.53 Å². The molecule has 0 N–H and O–H groups in total. The summed E-state index contributed by atoms with van der Waals surface area (Å²) in [4.78, 5) is 16.3. The fourth-order valence-electron chi connectivity index (χ4n) is 2.38. The minimum Gasteiger partial charge on any atom is -0.462 e. The number of hydrogen-bond acceptors (Lipinski definition) is 4. The van der Waals surface area contributed by atoms with Crippen LogP contribution in [0, 0.1) is 0 Å². The molecule has 4 nitrogen and oxygen atoms in total. The van der Waals surface area contributed by atoms with Crippen molar-refractivity contribution in [3.05, 3.63) is 59.7 Å². The molecule has 0 aliphatic carbocycles. The second-order valence-corrected chi connectivity index (χ2v) is 5.62. The van der Waals surface area contributed by atoms with E-state index in [1.807, 2.05) is 67.5 Å². The molecule has 1 aliphatic heterocycles. The van der Waals surface area contributed by atoms with Gasteiger partial charge in [0.2, 0.25) is 0 Å². The molecule has 2 aromatic carbocycles. The van der Waals surface area contributed by atoms with Gasteiger partial charge in [0.25, 0.3) is 5.91 Å². The van der Waals surface area contributed by atoms with Crippen LogP contribution in [0.5, 0.6) is 0 Å². The fourth-order valence-corrected chi connectivity index (χ4v) is 2.60. The van der Waals surface area contributed by atoms with Gasteiger partial charge < -0.3 is 9.64 Å². The molecule has 0 spiro atoms. The number of rotatable bonds is 2. The van der Waals surface area contributed by atoms with Gasteiger partial charge in [0.1, 0.15) is 0 Å². The molecular formula is C17H16N2O2S. The summed E-state index contributed by atoms with van der Waals surface area (Å²) in [5, 5.41) is 0.433. The van der Waals surface area contributed by atoms with E-state index < -0.39 is 0 Å². The summed E-state index contributed by atoms with van der Waals surface area (Å²) in [7, 11) is 3.93. The predicted octanol–water partition coefficient (Wildman–Crippen LogP) is 3.06. The van der Waals surface area contributed by atoms with Gasteiger partial charge in [0.05, 0.1) is 11.3 Å². The van der Waals surface area contributed by atoms with Gasteiger partial charge >= 0.3 is 0 Å². The molecule has 1 aliphatic rings. The van der Waals surface area contributed by atoms with Crippen molar-refractivity contribution in [2.24, 2.45) is 0 Å².